The highest BCUT2D eigenvalue weighted by Crippen LogP contribution is 2.42. The Hall–Kier alpha value is -2.15. The minimum Gasteiger partial charge on any atom is -0.452 e. The van der Waals surface area contributed by atoms with Gasteiger partial charge in [-0.05, 0) is 31.0 Å². The molecule has 2 aromatic rings. The van der Waals surface area contributed by atoms with Gasteiger partial charge in [0.1, 0.15) is 0 Å². The fourth-order valence-electron chi connectivity index (χ4n) is 2.41. The molecule has 1 amide bonds. The average Bonchev–Trinajstić information content (AvgIpc) is 3.29. The summed E-state index contributed by atoms with van der Waals surface area (Å²) in [6, 6.07) is 5.13. The van der Waals surface area contributed by atoms with Crippen LogP contribution >= 0.6 is 15.9 Å². The number of methoxy groups -OCH3 is 1. The first kappa shape index (κ1) is 15.7. The molecule has 6 nitrogen and oxygen atoms in total. The molecule has 0 N–H and O–H groups in total. The Kier molecular flexibility index (Phi) is 4.21. The molecule has 1 aromatic heterocycles. The molecule has 0 atom stereocenters. The van der Waals surface area contributed by atoms with Gasteiger partial charge in [-0.25, -0.2) is 4.79 Å². The fraction of sp³-hybridized carbons (Fsp3) is 0.312. The monoisotopic (exact) mass is 378 g/mol. The zero-order chi connectivity index (χ0) is 16.6. The number of hydrogen-bond donors (Lipinski definition) is 0. The van der Waals surface area contributed by atoms with E-state index >= 15 is 0 Å². The largest absolute Gasteiger partial charge is 0.452 e. The van der Waals surface area contributed by atoms with E-state index < -0.39 is 6.09 Å². The summed E-state index contributed by atoms with van der Waals surface area (Å²) in [7, 11) is 2.85. The summed E-state index contributed by atoms with van der Waals surface area (Å²) < 4.78 is 10.7. The number of amides is 1. The van der Waals surface area contributed by atoms with Crippen molar-refractivity contribution in [3.8, 4) is 0 Å². The van der Waals surface area contributed by atoms with Crippen molar-refractivity contribution in [2.24, 2.45) is 0 Å². The molecule has 1 saturated carbocycles. The van der Waals surface area contributed by atoms with Crippen LogP contribution in [0, 0.1) is 0 Å². The Bertz CT molecular complexity index is 767. The van der Waals surface area contributed by atoms with Crippen LogP contribution in [0.2, 0.25) is 0 Å². The molecular formula is C16H15BrN2O4. The van der Waals surface area contributed by atoms with Crippen LogP contribution in [-0.4, -0.2) is 31.2 Å². The minimum absolute atomic E-state index is 0.216. The van der Waals surface area contributed by atoms with Gasteiger partial charge in [0.25, 0.3) is 0 Å². The maximum atomic E-state index is 12.9. The normalized spacial score (nSPS) is 13.7. The van der Waals surface area contributed by atoms with Gasteiger partial charge in [0.05, 0.1) is 24.6 Å². The predicted molar refractivity (Wildman–Crippen MR) is 86.9 cm³/mol. The van der Waals surface area contributed by atoms with E-state index in [1.807, 2.05) is 0 Å². The highest BCUT2D eigenvalue weighted by atomic mass is 79.9. The van der Waals surface area contributed by atoms with Gasteiger partial charge in [0.2, 0.25) is 0 Å². The van der Waals surface area contributed by atoms with E-state index in [1.54, 1.807) is 25.2 Å². The number of rotatable bonds is 4. The lowest BCUT2D eigenvalue weighted by Gasteiger charge is -2.19. The Morgan fingerprint density at radius 3 is 2.74 bits per heavy atom. The lowest BCUT2D eigenvalue weighted by Crippen LogP contribution is -2.27. The predicted octanol–water partition coefficient (Wildman–Crippen LogP) is 3.75. The fourth-order valence-corrected chi connectivity index (χ4v) is 2.76. The second-order valence-corrected chi connectivity index (χ2v) is 6.31. The molecule has 0 spiro atoms. The SMILES string of the molecule is COC(=O)N(C)c1cc(Br)ccc1C(=O)c1cnoc1C1CC1. The third kappa shape index (κ3) is 3.01. The van der Waals surface area contributed by atoms with E-state index in [1.165, 1.54) is 18.2 Å². The molecule has 1 heterocycles. The van der Waals surface area contributed by atoms with Crippen molar-refractivity contribution >= 4 is 33.5 Å². The quantitative estimate of drug-likeness (QED) is 0.757. The molecule has 1 fully saturated rings. The number of nitrogens with zero attached hydrogens (tertiary/aromatic N) is 2. The second-order valence-electron chi connectivity index (χ2n) is 5.40. The maximum absolute atomic E-state index is 12.9. The number of carbonyl (C=O) groups excluding carboxylic acids is 2. The van der Waals surface area contributed by atoms with Crippen molar-refractivity contribution in [3.05, 3.63) is 45.8 Å². The summed E-state index contributed by atoms with van der Waals surface area (Å²) in [5, 5.41) is 3.76. The maximum Gasteiger partial charge on any atom is 0.413 e. The summed E-state index contributed by atoms with van der Waals surface area (Å²) >= 11 is 3.36. The number of carbonyl (C=O) groups is 2. The highest BCUT2D eigenvalue weighted by molar-refractivity contribution is 9.10. The Labute approximate surface area is 141 Å². The van der Waals surface area contributed by atoms with Gasteiger partial charge >= 0.3 is 6.09 Å². The van der Waals surface area contributed by atoms with E-state index in [0.29, 0.717) is 22.6 Å². The van der Waals surface area contributed by atoms with Gasteiger partial charge in [-0.3, -0.25) is 9.69 Å². The number of aromatic nitrogens is 1. The number of halogens is 1. The van der Waals surface area contributed by atoms with Crippen LogP contribution in [0.4, 0.5) is 10.5 Å². The van der Waals surface area contributed by atoms with E-state index in [9.17, 15) is 9.59 Å². The average molecular weight is 379 g/mol. The van der Waals surface area contributed by atoms with Crippen molar-refractivity contribution < 1.29 is 18.8 Å². The molecule has 23 heavy (non-hydrogen) atoms. The lowest BCUT2D eigenvalue weighted by atomic mass is 10.0. The van der Waals surface area contributed by atoms with Crippen LogP contribution in [0.15, 0.2) is 33.4 Å². The van der Waals surface area contributed by atoms with Crippen molar-refractivity contribution in [3.63, 3.8) is 0 Å². The molecule has 0 unspecified atom stereocenters. The third-order valence-electron chi connectivity index (χ3n) is 3.81. The number of ether oxygens (including phenoxy) is 1. The molecule has 1 aliphatic rings. The van der Waals surface area contributed by atoms with E-state index in [2.05, 4.69) is 21.1 Å². The van der Waals surface area contributed by atoms with Gasteiger partial charge in [-0.1, -0.05) is 21.1 Å². The molecule has 1 aromatic carbocycles. The van der Waals surface area contributed by atoms with Crippen molar-refractivity contribution in [2.75, 3.05) is 19.1 Å². The van der Waals surface area contributed by atoms with Crippen LogP contribution in [0.5, 0.6) is 0 Å². The summed E-state index contributed by atoms with van der Waals surface area (Å²) in [5.41, 5.74) is 1.31. The van der Waals surface area contributed by atoms with Crippen LogP contribution in [0.1, 0.15) is 40.4 Å². The minimum atomic E-state index is -0.551. The first-order valence-electron chi connectivity index (χ1n) is 7.13. The molecule has 1 aliphatic carbocycles. The number of hydrogen-bond acceptors (Lipinski definition) is 5. The molecule has 3 rings (SSSR count). The standard InChI is InChI=1S/C16H15BrN2O4/c1-19(16(21)22-2)13-7-10(17)5-6-11(13)14(20)12-8-18-23-15(12)9-3-4-9/h5-9H,3-4H2,1-2H3. The number of ketones is 1. The van der Waals surface area contributed by atoms with Gasteiger partial charge in [-0.15, -0.1) is 0 Å². The zero-order valence-corrected chi connectivity index (χ0v) is 14.3. The van der Waals surface area contributed by atoms with Crippen LogP contribution in [0.3, 0.4) is 0 Å². The number of anilines is 1. The van der Waals surface area contributed by atoms with Crippen molar-refractivity contribution in [2.45, 2.75) is 18.8 Å². The molecule has 0 saturated heterocycles. The summed E-state index contributed by atoms with van der Waals surface area (Å²) in [5.74, 6) is 0.685. The molecular weight excluding hydrogens is 364 g/mol. The van der Waals surface area contributed by atoms with Crippen LogP contribution in [-0.2, 0) is 4.74 Å². The lowest BCUT2D eigenvalue weighted by molar-refractivity contribution is 0.103. The van der Waals surface area contributed by atoms with Gasteiger partial charge < -0.3 is 9.26 Å². The van der Waals surface area contributed by atoms with E-state index in [4.69, 9.17) is 9.26 Å². The molecule has 7 heteroatoms. The molecule has 0 radical (unpaired) electrons. The highest BCUT2D eigenvalue weighted by Gasteiger charge is 2.33. The Morgan fingerprint density at radius 1 is 1.35 bits per heavy atom. The Balaban J connectivity index is 2.03. The topological polar surface area (TPSA) is 72.6 Å². The molecule has 0 aliphatic heterocycles. The van der Waals surface area contributed by atoms with Crippen molar-refractivity contribution in [1.29, 1.82) is 0 Å². The van der Waals surface area contributed by atoms with Crippen LogP contribution < -0.4 is 4.90 Å². The summed E-state index contributed by atoms with van der Waals surface area (Å²) in [4.78, 5) is 26.0. The summed E-state index contributed by atoms with van der Waals surface area (Å²) in [6.45, 7) is 0. The Morgan fingerprint density at radius 2 is 2.09 bits per heavy atom. The van der Waals surface area contributed by atoms with E-state index in [-0.39, 0.29) is 11.7 Å². The molecule has 120 valence electrons. The van der Waals surface area contributed by atoms with Gasteiger partial charge in [0.15, 0.2) is 11.5 Å². The number of benzene rings is 1. The smallest absolute Gasteiger partial charge is 0.413 e. The first-order chi connectivity index (χ1) is 11.0. The molecule has 0 bridgehead atoms. The second kappa shape index (κ2) is 6.16. The first-order valence-corrected chi connectivity index (χ1v) is 7.92. The van der Waals surface area contributed by atoms with Crippen LogP contribution in [0.25, 0.3) is 0 Å². The zero-order valence-electron chi connectivity index (χ0n) is 12.7. The van der Waals surface area contributed by atoms with Gasteiger partial charge in [-0.2, -0.15) is 0 Å². The van der Waals surface area contributed by atoms with E-state index in [0.717, 1.165) is 17.3 Å². The van der Waals surface area contributed by atoms with Gasteiger partial charge in [0, 0.05) is 23.0 Å². The summed E-state index contributed by atoms with van der Waals surface area (Å²) in [6.07, 6.45) is 2.90. The third-order valence-corrected chi connectivity index (χ3v) is 4.30. The van der Waals surface area contributed by atoms with Crippen molar-refractivity contribution in [1.82, 2.24) is 5.16 Å².